The van der Waals surface area contributed by atoms with Gasteiger partial charge in [0.15, 0.2) is 4.75 Å². The minimum Gasteiger partial charge on any atom is -0.331 e. The van der Waals surface area contributed by atoms with Gasteiger partial charge >= 0.3 is 0 Å². The molecular formula is C22H36NOS+. The van der Waals surface area contributed by atoms with E-state index in [1.807, 2.05) is 6.92 Å². The first-order valence-electron chi connectivity index (χ1n) is 10.0. The van der Waals surface area contributed by atoms with Crippen LogP contribution in [0, 0.1) is 0 Å². The van der Waals surface area contributed by atoms with Gasteiger partial charge in [-0.3, -0.25) is 4.79 Å². The molecule has 0 spiro atoms. The monoisotopic (exact) mass is 362 g/mol. The molecule has 2 fully saturated rings. The van der Waals surface area contributed by atoms with Gasteiger partial charge in [0.05, 0.1) is 0 Å². The van der Waals surface area contributed by atoms with Crippen LogP contribution in [0.15, 0.2) is 24.3 Å². The van der Waals surface area contributed by atoms with Gasteiger partial charge in [-0.15, -0.1) is 0 Å². The molecule has 1 aromatic rings. The van der Waals surface area contributed by atoms with Crippen molar-refractivity contribution >= 4 is 16.7 Å². The number of carbonyl (C=O) groups excluding carboxylic acids is 1. The summed E-state index contributed by atoms with van der Waals surface area (Å²) >= 11 is 0. The first-order chi connectivity index (χ1) is 12.0. The molecule has 2 nitrogen and oxygen atoms in total. The molecular weight excluding hydrogens is 326 g/mol. The van der Waals surface area contributed by atoms with E-state index in [0.717, 1.165) is 18.0 Å². The van der Waals surface area contributed by atoms with Crippen LogP contribution in [0.2, 0.25) is 0 Å². The topological polar surface area (TPSA) is 43.1 Å². The number of ketones is 1. The zero-order valence-corrected chi connectivity index (χ0v) is 17.2. The molecule has 140 valence electrons. The molecule has 0 amide bonds. The van der Waals surface area contributed by atoms with Crippen LogP contribution >= 0.6 is 0 Å². The summed E-state index contributed by atoms with van der Waals surface area (Å²) in [6.45, 7) is 6.98. The zero-order valence-electron chi connectivity index (χ0n) is 16.4. The van der Waals surface area contributed by atoms with E-state index in [9.17, 15) is 4.79 Å². The number of hydrogen-bond acceptors (Lipinski definition) is 2. The van der Waals surface area contributed by atoms with Gasteiger partial charge < -0.3 is 5.73 Å². The van der Waals surface area contributed by atoms with Gasteiger partial charge in [0.25, 0.3) is 0 Å². The first kappa shape index (κ1) is 20.5. The Bertz CT molecular complexity index is 525. The molecule has 25 heavy (non-hydrogen) atoms. The molecule has 1 aliphatic heterocycles. The van der Waals surface area contributed by atoms with Crippen molar-refractivity contribution in [2.75, 3.05) is 18.1 Å². The Kier molecular flexibility index (Phi) is 8.02. The molecule has 3 rings (SSSR count). The van der Waals surface area contributed by atoms with Crippen LogP contribution in [0.3, 0.4) is 0 Å². The quantitative estimate of drug-likeness (QED) is 0.600. The molecule has 2 aliphatic rings. The third kappa shape index (κ3) is 5.34. The lowest BCUT2D eigenvalue weighted by atomic mass is 9.83. The van der Waals surface area contributed by atoms with Crippen LogP contribution < -0.4 is 5.73 Å². The Morgan fingerprint density at radius 1 is 1.04 bits per heavy atom. The number of carbonyl (C=O) groups is 1. The maximum atomic E-state index is 12.9. The molecule has 3 heteroatoms. The molecule has 0 bridgehead atoms. The highest BCUT2D eigenvalue weighted by Gasteiger charge is 2.47. The highest BCUT2D eigenvalue weighted by molar-refractivity contribution is 7.99. The first-order valence-corrected chi connectivity index (χ1v) is 11.6. The summed E-state index contributed by atoms with van der Waals surface area (Å²) in [7, 11) is 0.273. The SMILES string of the molecule is CC(C)(C(=O)c1ccc(C2CCCCC2)cc1)[S+]1CCCC1.CCN. The van der Waals surface area contributed by atoms with Crippen molar-refractivity contribution in [3.8, 4) is 0 Å². The Labute approximate surface area is 157 Å². The van der Waals surface area contributed by atoms with Crippen LogP contribution in [0.4, 0.5) is 0 Å². The summed E-state index contributed by atoms with van der Waals surface area (Å²) in [6.07, 6.45) is 9.37. The van der Waals surface area contributed by atoms with Gasteiger partial charge in [-0.25, -0.2) is 0 Å². The van der Waals surface area contributed by atoms with Crippen LogP contribution in [-0.4, -0.2) is 28.6 Å². The van der Waals surface area contributed by atoms with E-state index >= 15 is 0 Å². The summed E-state index contributed by atoms with van der Waals surface area (Å²) in [5.41, 5.74) is 7.21. The number of nitrogens with two attached hydrogens (primary N) is 1. The molecule has 1 aliphatic carbocycles. The van der Waals surface area contributed by atoms with E-state index in [1.165, 1.54) is 62.0 Å². The summed E-state index contributed by atoms with van der Waals surface area (Å²) < 4.78 is -0.178. The third-order valence-corrected chi connectivity index (χ3v) is 8.74. The largest absolute Gasteiger partial charge is 0.331 e. The Morgan fingerprint density at radius 2 is 1.56 bits per heavy atom. The van der Waals surface area contributed by atoms with Gasteiger partial charge in [0, 0.05) is 16.5 Å². The summed E-state index contributed by atoms with van der Waals surface area (Å²) in [5, 5.41) is 0. The molecule has 0 atom stereocenters. The standard InChI is InChI=1S/C20H29OS.C2H7N/c1-20(2,22-14-6-7-15-22)19(21)18-12-10-17(11-13-18)16-8-4-3-5-9-16;1-2-3/h10-13,16H,3-9,14-15H2,1-2H3;2-3H2,1H3/q+1;. The molecule has 0 aromatic heterocycles. The maximum absolute atomic E-state index is 12.9. The second-order valence-corrected chi connectivity index (χ2v) is 10.6. The van der Waals surface area contributed by atoms with Gasteiger partial charge in [-0.05, 0) is 57.6 Å². The molecule has 1 saturated heterocycles. The van der Waals surface area contributed by atoms with E-state index in [1.54, 1.807) is 0 Å². The normalized spacial score (nSPS) is 19.4. The van der Waals surface area contributed by atoms with Gasteiger partial charge in [-0.2, -0.15) is 0 Å². The zero-order chi connectivity index (χ0) is 18.3. The van der Waals surface area contributed by atoms with Crippen molar-refractivity contribution in [3.05, 3.63) is 35.4 Å². The highest BCUT2D eigenvalue weighted by atomic mass is 32.2. The molecule has 1 saturated carbocycles. The van der Waals surface area contributed by atoms with E-state index in [-0.39, 0.29) is 15.6 Å². The lowest BCUT2D eigenvalue weighted by Crippen LogP contribution is -2.41. The second-order valence-electron chi connectivity index (χ2n) is 7.81. The predicted molar refractivity (Wildman–Crippen MR) is 112 cm³/mol. The van der Waals surface area contributed by atoms with Crippen molar-refractivity contribution < 1.29 is 4.79 Å². The number of Topliss-reactive ketones (excluding diaryl/α,β-unsaturated/α-hetero) is 1. The van der Waals surface area contributed by atoms with Gasteiger partial charge in [-0.1, -0.05) is 50.5 Å². The molecule has 1 aromatic carbocycles. The fourth-order valence-corrected chi connectivity index (χ4v) is 6.70. The van der Waals surface area contributed by atoms with E-state index in [0.29, 0.717) is 5.78 Å². The lowest BCUT2D eigenvalue weighted by molar-refractivity contribution is 0.0956. The Hall–Kier alpha value is -0.800. The lowest BCUT2D eigenvalue weighted by Gasteiger charge is -2.23. The smallest absolute Gasteiger partial charge is 0.217 e. The predicted octanol–water partition coefficient (Wildman–Crippen LogP) is 5.07. The minimum atomic E-state index is -0.178. The van der Waals surface area contributed by atoms with Crippen molar-refractivity contribution in [3.63, 3.8) is 0 Å². The average molecular weight is 363 g/mol. The number of hydrogen-bond donors (Lipinski definition) is 1. The van der Waals surface area contributed by atoms with Gasteiger partial charge in [0.2, 0.25) is 5.78 Å². The molecule has 1 heterocycles. The van der Waals surface area contributed by atoms with E-state index < -0.39 is 0 Å². The second kappa shape index (κ2) is 9.78. The summed E-state index contributed by atoms with van der Waals surface area (Å²) in [5.74, 6) is 3.58. The fourth-order valence-electron chi connectivity index (χ4n) is 3.99. The molecule has 0 radical (unpaired) electrons. The van der Waals surface area contributed by atoms with Crippen molar-refractivity contribution in [2.45, 2.75) is 76.4 Å². The van der Waals surface area contributed by atoms with Crippen molar-refractivity contribution in [1.82, 2.24) is 0 Å². The molecule has 2 N–H and O–H groups in total. The Morgan fingerprint density at radius 3 is 2.08 bits per heavy atom. The maximum Gasteiger partial charge on any atom is 0.217 e. The van der Waals surface area contributed by atoms with Crippen molar-refractivity contribution in [1.29, 1.82) is 0 Å². The molecule has 0 unspecified atom stereocenters. The minimum absolute atomic E-state index is 0.178. The fraction of sp³-hybridized carbons (Fsp3) is 0.682. The Balaban J connectivity index is 0.000000701. The van der Waals surface area contributed by atoms with Gasteiger partial charge in [0.1, 0.15) is 11.5 Å². The average Bonchev–Trinajstić information content (AvgIpc) is 3.18. The number of rotatable bonds is 4. The van der Waals surface area contributed by atoms with Crippen LogP contribution in [0.25, 0.3) is 0 Å². The van der Waals surface area contributed by atoms with E-state index in [2.05, 4.69) is 38.1 Å². The van der Waals surface area contributed by atoms with E-state index in [4.69, 9.17) is 5.73 Å². The summed E-state index contributed by atoms with van der Waals surface area (Å²) in [6, 6.07) is 8.62. The van der Waals surface area contributed by atoms with Crippen LogP contribution in [-0.2, 0) is 10.9 Å². The van der Waals surface area contributed by atoms with Crippen molar-refractivity contribution in [2.24, 2.45) is 5.73 Å². The summed E-state index contributed by atoms with van der Waals surface area (Å²) in [4.78, 5) is 12.9. The third-order valence-electron chi connectivity index (χ3n) is 5.55. The van der Waals surface area contributed by atoms with Crippen LogP contribution in [0.1, 0.15) is 87.6 Å². The number of benzene rings is 1. The van der Waals surface area contributed by atoms with Crippen LogP contribution in [0.5, 0.6) is 0 Å². The highest BCUT2D eigenvalue weighted by Crippen LogP contribution is 2.34.